The van der Waals surface area contributed by atoms with Crippen molar-refractivity contribution in [1.82, 2.24) is 5.32 Å². The van der Waals surface area contributed by atoms with Crippen LogP contribution in [0.25, 0.3) is 0 Å². The maximum absolute atomic E-state index is 13.0. The normalized spacial score (nSPS) is 14.7. The van der Waals surface area contributed by atoms with E-state index in [9.17, 15) is 19.3 Å². The average molecular weight is 253 g/mol. The molecule has 0 aromatic heterocycles. The fourth-order valence-electron chi connectivity index (χ4n) is 1.66. The van der Waals surface area contributed by atoms with Crippen LogP contribution < -0.4 is 10.6 Å². The highest BCUT2D eigenvalue weighted by molar-refractivity contribution is 5.92. The summed E-state index contributed by atoms with van der Waals surface area (Å²) in [5.41, 5.74) is -0.475. The topological polar surface area (TPSA) is 84.3 Å². The minimum Gasteiger partial charge on any atom is -0.335 e. The Morgan fingerprint density at radius 1 is 1.44 bits per heavy atom. The highest BCUT2D eigenvalue weighted by Gasteiger charge is 2.21. The summed E-state index contributed by atoms with van der Waals surface area (Å²) < 4.78 is 13.0. The van der Waals surface area contributed by atoms with Crippen LogP contribution in [-0.4, -0.2) is 17.0 Å². The van der Waals surface area contributed by atoms with E-state index in [0.29, 0.717) is 0 Å². The van der Waals surface area contributed by atoms with Crippen LogP contribution in [-0.2, 0) is 0 Å². The number of urea groups is 1. The zero-order chi connectivity index (χ0) is 13.1. The molecule has 0 saturated heterocycles. The van der Waals surface area contributed by atoms with E-state index in [1.54, 1.807) is 0 Å². The largest absolute Gasteiger partial charge is 0.335 e. The molecule has 0 heterocycles. The fraction of sp³-hybridized carbons (Fsp3) is 0.364. The number of anilines is 1. The lowest BCUT2D eigenvalue weighted by atomic mass is 9.93. The zero-order valence-corrected chi connectivity index (χ0v) is 9.48. The summed E-state index contributed by atoms with van der Waals surface area (Å²) in [6.07, 6.45) is 2.86. The Morgan fingerprint density at radius 3 is 2.72 bits per heavy atom. The van der Waals surface area contributed by atoms with Gasteiger partial charge in [-0.1, -0.05) is 0 Å². The molecule has 1 aromatic carbocycles. The maximum Gasteiger partial charge on any atom is 0.319 e. The molecule has 0 unspecified atom stereocenters. The number of carbonyl (C=O) groups is 1. The Labute approximate surface area is 102 Å². The predicted molar refractivity (Wildman–Crippen MR) is 62.8 cm³/mol. The second-order valence-corrected chi connectivity index (χ2v) is 4.14. The Morgan fingerprint density at radius 2 is 2.17 bits per heavy atom. The van der Waals surface area contributed by atoms with Crippen LogP contribution in [0.5, 0.6) is 0 Å². The lowest BCUT2D eigenvalue weighted by Gasteiger charge is -2.26. The Bertz CT molecular complexity index is 488. The first-order chi connectivity index (χ1) is 8.56. The van der Waals surface area contributed by atoms with Crippen molar-refractivity contribution >= 4 is 17.4 Å². The quantitative estimate of drug-likeness (QED) is 0.640. The van der Waals surface area contributed by atoms with Gasteiger partial charge in [0, 0.05) is 18.2 Å². The van der Waals surface area contributed by atoms with Gasteiger partial charge in [-0.05, 0) is 25.3 Å². The maximum atomic E-state index is 13.0. The third-order valence-corrected chi connectivity index (χ3v) is 2.84. The van der Waals surface area contributed by atoms with E-state index in [2.05, 4.69) is 10.6 Å². The van der Waals surface area contributed by atoms with Crippen LogP contribution in [0.2, 0.25) is 0 Å². The molecule has 1 aliphatic rings. The minimum absolute atomic E-state index is 0.109. The number of rotatable bonds is 3. The second-order valence-electron chi connectivity index (χ2n) is 4.14. The van der Waals surface area contributed by atoms with Gasteiger partial charge in [-0.25, -0.2) is 9.18 Å². The van der Waals surface area contributed by atoms with Crippen molar-refractivity contribution in [3.63, 3.8) is 0 Å². The summed E-state index contributed by atoms with van der Waals surface area (Å²) >= 11 is 0. The third kappa shape index (κ3) is 2.73. The number of nitro groups is 1. The van der Waals surface area contributed by atoms with Gasteiger partial charge in [0.25, 0.3) is 5.69 Å². The first kappa shape index (κ1) is 12.3. The highest BCUT2D eigenvalue weighted by Crippen LogP contribution is 2.25. The lowest BCUT2D eigenvalue weighted by Crippen LogP contribution is -2.41. The van der Waals surface area contributed by atoms with Crippen molar-refractivity contribution in [1.29, 1.82) is 0 Å². The van der Waals surface area contributed by atoms with E-state index in [0.717, 1.165) is 37.5 Å². The molecule has 96 valence electrons. The molecule has 1 fully saturated rings. The number of benzene rings is 1. The summed E-state index contributed by atoms with van der Waals surface area (Å²) in [5.74, 6) is -0.639. The van der Waals surface area contributed by atoms with Crippen LogP contribution in [0, 0.1) is 15.9 Å². The number of nitro benzene ring substituents is 1. The van der Waals surface area contributed by atoms with E-state index in [-0.39, 0.29) is 17.4 Å². The molecule has 0 aliphatic heterocycles. The number of nitrogens with one attached hydrogen (secondary N) is 2. The van der Waals surface area contributed by atoms with Gasteiger partial charge >= 0.3 is 6.03 Å². The second kappa shape index (κ2) is 4.99. The molecule has 0 bridgehead atoms. The first-order valence-corrected chi connectivity index (χ1v) is 5.58. The summed E-state index contributed by atoms with van der Waals surface area (Å²) in [6.45, 7) is 0. The number of nitrogens with zero attached hydrogens (tertiary/aromatic N) is 1. The molecule has 1 aromatic rings. The predicted octanol–water partition coefficient (Wildman–Crippen LogP) is 2.41. The SMILES string of the molecule is O=C(Nc1cc(F)ccc1[N+](=O)[O-])NC1CCC1. The molecule has 6 nitrogen and oxygen atoms in total. The van der Waals surface area contributed by atoms with E-state index >= 15 is 0 Å². The molecular formula is C11H12FN3O3. The number of amides is 2. The number of hydrogen-bond acceptors (Lipinski definition) is 3. The molecule has 18 heavy (non-hydrogen) atoms. The molecule has 0 radical (unpaired) electrons. The summed E-state index contributed by atoms with van der Waals surface area (Å²) in [4.78, 5) is 21.6. The van der Waals surface area contributed by atoms with Gasteiger partial charge in [0.1, 0.15) is 11.5 Å². The smallest absolute Gasteiger partial charge is 0.319 e. The molecule has 7 heteroatoms. The number of carbonyl (C=O) groups excluding carboxylic acids is 1. The van der Waals surface area contributed by atoms with Crippen LogP contribution in [0.15, 0.2) is 18.2 Å². The van der Waals surface area contributed by atoms with Gasteiger partial charge in [-0.15, -0.1) is 0 Å². The van der Waals surface area contributed by atoms with Gasteiger partial charge in [-0.3, -0.25) is 10.1 Å². The highest BCUT2D eigenvalue weighted by atomic mass is 19.1. The van der Waals surface area contributed by atoms with E-state index in [1.165, 1.54) is 0 Å². The van der Waals surface area contributed by atoms with Crippen molar-refractivity contribution in [2.24, 2.45) is 0 Å². The zero-order valence-electron chi connectivity index (χ0n) is 9.48. The molecule has 2 N–H and O–H groups in total. The van der Waals surface area contributed by atoms with Gasteiger partial charge in [-0.2, -0.15) is 0 Å². The van der Waals surface area contributed by atoms with Gasteiger partial charge < -0.3 is 10.6 Å². The minimum atomic E-state index is -0.668. The Hall–Kier alpha value is -2.18. The monoisotopic (exact) mass is 253 g/mol. The Balaban J connectivity index is 2.08. The molecule has 2 rings (SSSR count). The molecule has 1 aliphatic carbocycles. The standard InChI is InChI=1S/C11H12FN3O3/c12-7-4-5-10(15(17)18)9(6-7)14-11(16)13-8-2-1-3-8/h4-6,8H,1-3H2,(H2,13,14,16). The fourth-order valence-corrected chi connectivity index (χ4v) is 1.66. The van der Waals surface area contributed by atoms with Crippen LogP contribution in [0.3, 0.4) is 0 Å². The van der Waals surface area contributed by atoms with Crippen LogP contribution in [0.1, 0.15) is 19.3 Å². The van der Waals surface area contributed by atoms with E-state index in [1.807, 2.05) is 0 Å². The average Bonchev–Trinajstić information content (AvgIpc) is 2.23. The van der Waals surface area contributed by atoms with Crippen molar-refractivity contribution in [2.75, 3.05) is 5.32 Å². The van der Waals surface area contributed by atoms with Crippen LogP contribution >= 0.6 is 0 Å². The molecular weight excluding hydrogens is 241 g/mol. The van der Waals surface area contributed by atoms with Crippen molar-refractivity contribution in [3.05, 3.63) is 34.1 Å². The summed E-state index contributed by atoms with van der Waals surface area (Å²) in [5, 5.41) is 15.7. The number of hydrogen-bond donors (Lipinski definition) is 2. The Kier molecular flexibility index (Phi) is 3.40. The first-order valence-electron chi connectivity index (χ1n) is 5.58. The molecule has 2 amide bonds. The number of halogens is 1. The van der Waals surface area contributed by atoms with Crippen molar-refractivity contribution < 1.29 is 14.1 Å². The van der Waals surface area contributed by atoms with E-state index in [4.69, 9.17) is 0 Å². The van der Waals surface area contributed by atoms with E-state index < -0.39 is 16.8 Å². The van der Waals surface area contributed by atoms with Crippen molar-refractivity contribution in [2.45, 2.75) is 25.3 Å². The van der Waals surface area contributed by atoms with Gasteiger partial charge in [0.05, 0.1) is 4.92 Å². The third-order valence-electron chi connectivity index (χ3n) is 2.84. The summed E-state index contributed by atoms with van der Waals surface area (Å²) in [6, 6.07) is 2.49. The van der Waals surface area contributed by atoms with Crippen molar-refractivity contribution in [3.8, 4) is 0 Å². The van der Waals surface area contributed by atoms with Gasteiger partial charge in [0.2, 0.25) is 0 Å². The lowest BCUT2D eigenvalue weighted by molar-refractivity contribution is -0.384. The van der Waals surface area contributed by atoms with Crippen LogP contribution in [0.4, 0.5) is 20.6 Å². The summed E-state index contributed by atoms with van der Waals surface area (Å²) in [7, 11) is 0. The molecule has 0 atom stereocenters. The molecule has 1 saturated carbocycles. The van der Waals surface area contributed by atoms with Gasteiger partial charge in [0.15, 0.2) is 0 Å². The molecule has 0 spiro atoms.